The molecule has 0 rings (SSSR count). The number of rotatable bonds is 69. The lowest BCUT2D eigenvalue weighted by molar-refractivity contribution is -0.870. The molecule has 0 bridgehead atoms. The second kappa shape index (κ2) is 70.1. The maximum atomic E-state index is 13.0. The highest BCUT2D eigenvalue weighted by Gasteiger charge is 2.25. The molecule has 0 saturated heterocycles. The second-order valence-corrected chi connectivity index (χ2v) is 26.2. The molecule has 89 heavy (non-hydrogen) atoms. The summed E-state index contributed by atoms with van der Waals surface area (Å²) in [6.45, 7) is 4.80. The van der Waals surface area contributed by atoms with Crippen molar-refractivity contribution in [1.29, 1.82) is 0 Å². The van der Waals surface area contributed by atoms with Crippen LogP contribution in [0.4, 0.5) is 0 Å². The van der Waals surface area contributed by atoms with Crippen LogP contribution in [0.1, 0.15) is 335 Å². The van der Waals surface area contributed by atoms with Gasteiger partial charge in [-0.05, 0) is 96.3 Å². The summed E-state index contributed by atoms with van der Waals surface area (Å²) < 4.78 is 23.0. The molecule has 0 amide bonds. The summed E-state index contributed by atoms with van der Waals surface area (Å²) in [5, 5.41) is 9.76. The van der Waals surface area contributed by atoms with Crippen molar-refractivity contribution >= 4 is 17.9 Å². The van der Waals surface area contributed by atoms with Crippen molar-refractivity contribution < 1.29 is 42.9 Å². The Morgan fingerprint density at radius 3 is 0.966 bits per heavy atom. The fraction of sp³-hybridized carbons (Fsp3) is 0.762. The number of carbonyl (C=O) groups is 3. The van der Waals surface area contributed by atoms with Gasteiger partial charge >= 0.3 is 17.9 Å². The van der Waals surface area contributed by atoms with Gasteiger partial charge in [-0.1, -0.05) is 323 Å². The molecule has 9 heteroatoms. The summed E-state index contributed by atoms with van der Waals surface area (Å²) in [7, 11) is 5.98. The van der Waals surface area contributed by atoms with E-state index in [1.54, 1.807) is 0 Å². The molecule has 0 fully saturated rings. The number of quaternary nitrogens is 1. The number of unbranched alkanes of at least 4 members (excludes halogenated alkanes) is 38. The van der Waals surface area contributed by atoms with Gasteiger partial charge in [-0.3, -0.25) is 9.59 Å². The molecule has 1 N–H and O–H groups in total. The van der Waals surface area contributed by atoms with Gasteiger partial charge in [0, 0.05) is 12.8 Å². The molecule has 0 spiro atoms. The highest BCUT2D eigenvalue weighted by atomic mass is 16.7. The molecular weight excluding hydrogens is 1100 g/mol. The van der Waals surface area contributed by atoms with E-state index in [-0.39, 0.29) is 32.2 Å². The van der Waals surface area contributed by atoms with Gasteiger partial charge in [-0.2, -0.15) is 0 Å². The first-order chi connectivity index (χ1) is 43.6. The Morgan fingerprint density at radius 1 is 0.348 bits per heavy atom. The van der Waals surface area contributed by atoms with Gasteiger partial charge in [0.2, 0.25) is 0 Å². The van der Waals surface area contributed by atoms with Crippen molar-refractivity contribution in [3.63, 3.8) is 0 Å². The van der Waals surface area contributed by atoms with E-state index in [2.05, 4.69) is 111 Å². The quantitative estimate of drug-likeness (QED) is 0.0211. The lowest BCUT2D eigenvalue weighted by Gasteiger charge is -2.25. The minimum absolute atomic E-state index is 0.184. The number of carboxylic acids is 1. The molecule has 0 aromatic carbocycles. The maximum Gasteiger partial charge on any atom is 0.361 e. The zero-order chi connectivity index (χ0) is 64.7. The number of esters is 2. The molecule has 514 valence electrons. The van der Waals surface area contributed by atoms with E-state index in [0.717, 1.165) is 89.9 Å². The molecule has 0 aliphatic rings. The zero-order valence-corrected chi connectivity index (χ0v) is 58.8. The van der Waals surface area contributed by atoms with Gasteiger partial charge in [-0.15, -0.1) is 0 Å². The average molecular weight is 1250 g/mol. The fourth-order valence-corrected chi connectivity index (χ4v) is 10.6. The van der Waals surface area contributed by atoms with Crippen molar-refractivity contribution in [2.45, 2.75) is 347 Å². The Morgan fingerprint density at radius 2 is 0.640 bits per heavy atom. The minimum Gasteiger partial charge on any atom is -0.477 e. The lowest BCUT2D eigenvalue weighted by Crippen LogP contribution is -2.40. The number of carboxylic acid groups (broad SMARTS) is 1. The molecule has 2 atom stereocenters. The molecule has 0 aliphatic carbocycles. The third-order valence-corrected chi connectivity index (χ3v) is 16.3. The fourth-order valence-electron chi connectivity index (χ4n) is 10.6. The summed E-state index contributed by atoms with van der Waals surface area (Å²) in [6, 6.07) is 0. The van der Waals surface area contributed by atoms with E-state index < -0.39 is 24.3 Å². The maximum absolute atomic E-state index is 13.0. The Kier molecular flexibility index (Phi) is 67.1. The minimum atomic E-state index is -1.52. The number of allylic oxidation sites excluding steroid dienone is 16. The van der Waals surface area contributed by atoms with Crippen LogP contribution in [0.25, 0.3) is 0 Å². The predicted octanol–water partition coefficient (Wildman–Crippen LogP) is 23.6. The van der Waals surface area contributed by atoms with Crippen LogP contribution in [0.15, 0.2) is 97.2 Å². The van der Waals surface area contributed by atoms with Crippen LogP contribution in [0, 0.1) is 0 Å². The molecule has 9 nitrogen and oxygen atoms in total. The van der Waals surface area contributed by atoms with Crippen LogP contribution < -0.4 is 0 Å². The topological polar surface area (TPSA) is 108 Å². The molecule has 0 saturated carbocycles. The van der Waals surface area contributed by atoms with E-state index in [9.17, 15) is 19.5 Å². The van der Waals surface area contributed by atoms with Gasteiger partial charge in [0.05, 0.1) is 34.4 Å². The third kappa shape index (κ3) is 71.5. The molecular formula is C80H142NO8+. The van der Waals surface area contributed by atoms with Gasteiger partial charge in [0.1, 0.15) is 13.2 Å². The third-order valence-electron chi connectivity index (χ3n) is 16.3. The van der Waals surface area contributed by atoms with Crippen molar-refractivity contribution in [2.75, 3.05) is 47.5 Å². The molecule has 0 aromatic heterocycles. The normalized spacial score (nSPS) is 13.2. The molecule has 0 aliphatic heterocycles. The summed E-state index contributed by atoms with van der Waals surface area (Å²) >= 11 is 0. The van der Waals surface area contributed by atoms with Crippen LogP contribution in [0.3, 0.4) is 0 Å². The predicted molar refractivity (Wildman–Crippen MR) is 382 cm³/mol. The van der Waals surface area contributed by atoms with Crippen LogP contribution in [0.5, 0.6) is 0 Å². The zero-order valence-electron chi connectivity index (χ0n) is 58.8. The first-order valence-corrected chi connectivity index (χ1v) is 37.4. The Bertz CT molecular complexity index is 1790. The standard InChI is InChI=1S/C80H141NO8/c1-6-8-10-12-14-16-18-20-22-24-26-28-30-32-34-36-38-39-41-43-45-47-49-51-53-55-57-59-61-63-65-67-69-71-78(83)89-76(75-88-80(79(84)85)86-73-72-81(3,4)5)74-87-77(82)70-68-66-64-62-60-58-56-54-52-50-48-46-44-42-40-37-35-33-31-29-27-25-23-21-19-17-15-13-11-9-7-2/h8,10,14,16,20,22,25-28,32,34,38-39,43,45,76,80H,6-7,9,11-13,15,17-19,21,23-24,29-31,33,35-37,40-42,44,46-75H2,1-5H3/p+1/b10-8-,16-14-,22-20-,27-25-,28-26-,34-32-,39-38-,45-43-. The van der Waals surface area contributed by atoms with Gasteiger partial charge in [0.25, 0.3) is 6.29 Å². The van der Waals surface area contributed by atoms with Crippen LogP contribution >= 0.6 is 0 Å². The molecule has 0 heterocycles. The largest absolute Gasteiger partial charge is 0.477 e. The highest BCUT2D eigenvalue weighted by molar-refractivity contribution is 5.71. The molecule has 0 aromatic rings. The van der Waals surface area contributed by atoms with E-state index in [0.29, 0.717) is 23.9 Å². The number of carbonyl (C=O) groups excluding carboxylic acids is 2. The van der Waals surface area contributed by atoms with Gasteiger partial charge < -0.3 is 28.5 Å². The van der Waals surface area contributed by atoms with Crippen molar-refractivity contribution in [1.82, 2.24) is 0 Å². The Balaban J connectivity index is 4.09. The summed E-state index contributed by atoms with van der Waals surface area (Å²) in [5.74, 6) is -2.00. The van der Waals surface area contributed by atoms with Crippen molar-refractivity contribution in [2.24, 2.45) is 0 Å². The van der Waals surface area contributed by atoms with Crippen LogP contribution in [-0.4, -0.2) is 87.4 Å². The van der Waals surface area contributed by atoms with Crippen LogP contribution in [-0.2, 0) is 33.3 Å². The number of likely N-dealkylation sites (N-methyl/N-ethyl adjacent to an activating group) is 1. The lowest BCUT2D eigenvalue weighted by atomic mass is 10.0. The van der Waals surface area contributed by atoms with Gasteiger partial charge in [-0.25, -0.2) is 4.79 Å². The summed E-state index contributed by atoms with van der Waals surface area (Å²) in [6.07, 6.45) is 93.9. The van der Waals surface area contributed by atoms with Crippen molar-refractivity contribution in [3.05, 3.63) is 97.2 Å². The van der Waals surface area contributed by atoms with E-state index in [4.69, 9.17) is 18.9 Å². The summed E-state index contributed by atoms with van der Waals surface area (Å²) in [4.78, 5) is 37.7. The number of hydrogen-bond acceptors (Lipinski definition) is 7. The molecule has 0 radical (unpaired) electrons. The monoisotopic (exact) mass is 1250 g/mol. The Hall–Kier alpha value is -3.79. The Labute approximate surface area is 550 Å². The number of nitrogens with zero attached hydrogens (tertiary/aromatic N) is 1. The number of aliphatic carboxylic acids is 1. The SMILES string of the molecule is CC/C=C\C/C=C\C/C=C\C/C=C\C/C=C\C/C=C\C/C=C\CCCCCCCCCCCCCC(=O)OC(COC(=O)CCCCCCCCCCCCCCCCCCCCC/C=C\CCCCCCCCCC)COC(OCC[N+](C)(C)C)C(=O)O. The van der Waals surface area contributed by atoms with E-state index in [1.165, 1.54) is 212 Å². The molecule has 2 unspecified atom stereocenters. The average Bonchev–Trinajstić information content (AvgIpc) is 3.64. The van der Waals surface area contributed by atoms with Crippen LogP contribution in [0.2, 0.25) is 0 Å². The number of hydrogen-bond donors (Lipinski definition) is 1. The smallest absolute Gasteiger partial charge is 0.361 e. The van der Waals surface area contributed by atoms with E-state index in [1.807, 2.05) is 21.1 Å². The van der Waals surface area contributed by atoms with E-state index >= 15 is 0 Å². The van der Waals surface area contributed by atoms with Crippen molar-refractivity contribution in [3.8, 4) is 0 Å². The van der Waals surface area contributed by atoms with Gasteiger partial charge in [0.15, 0.2) is 6.10 Å². The highest BCUT2D eigenvalue weighted by Crippen LogP contribution is 2.18. The first kappa shape index (κ1) is 85.2. The first-order valence-electron chi connectivity index (χ1n) is 37.4. The second-order valence-electron chi connectivity index (χ2n) is 26.2. The summed E-state index contributed by atoms with van der Waals surface area (Å²) in [5.41, 5.74) is 0. The number of ether oxygens (including phenoxy) is 4.